The van der Waals surface area contributed by atoms with Gasteiger partial charge in [-0.25, -0.2) is 4.79 Å². The van der Waals surface area contributed by atoms with Crippen LogP contribution in [0.15, 0.2) is 54.6 Å². The summed E-state index contributed by atoms with van der Waals surface area (Å²) in [6.45, 7) is 6.19. The van der Waals surface area contributed by atoms with Crippen molar-refractivity contribution in [3.63, 3.8) is 0 Å². The van der Waals surface area contributed by atoms with Gasteiger partial charge in [-0.15, -0.1) is 0 Å². The highest BCUT2D eigenvalue weighted by Crippen LogP contribution is 2.30. The molecule has 0 saturated carbocycles. The van der Waals surface area contributed by atoms with Crippen molar-refractivity contribution < 1.29 is 23.7 Å². The number of hydrogen-bond donors (Lipinski definition) is 1. The number of carbonyl (C=O) groups excluding carboxylic acids is 1. The molecule has 7 heteroatoms. The van der Waals surface area contributed by atoms with E-state index in [2.05, 4.69) is 17.5 Å². The molecule has 1 N–H and O–H groups in total. The molecule has 178 valence electrons. The zero-order valence-electron chi connectivity index (χ0n) is 19.6. The molecule has 1 amide bonds. The molecule has 1 heterocycles. The van der Waals surface area contributed by atoms with E-state index in [0.717, 1.165) is 33.9 Å². The van der Waals surface area contributed by atoms with E-state index in [1.807, 2.05) is 63.2 Å². The van der Waals surface area contributed by atoms with Gasteiger partial charge in [-0.3, -0.25) is 0 Å². The molecule has 2 aromatic carbocycles. The smallest absolute Gasteiger partial charge is 0.407 e. The lowest BCUT2D eigenvalue weighted by Gasteiger charge is -2.25. The van der Waals surface area contributed by atoms with Crippen LogP contribution in [0.4, 0.5) is 4.79 Å². The van der Waals surface area contributed by atoms with Crippen LogP contribution < -0.4 is 10.1 Å². The number of amides is 1. The first-order chi connectivity index (χ1) is 15.7. The van der Waals surface area contributed by atoms with E-state index >= 15 is 0 Å². The van der Waals surface area contributed by atoms with Crippen LogP contribution in [0.25, 0.3) is 0 Å². The predicted octanol–water partition coefficient (Wildman–Crippen LogP) is 5.82. The fourth-order valence-corrected chi connectivity index (χ4v) is 3.57. The van der Waals surface area contributed by atoms with Crippen LogP contribution in [0.3, 0.4) is 0 Å². The number of halogens is 1. The van der Waals surface area contributed by atoms with Crippen LogP contribution in [0.1, 0.15) is 50.0 Å². The summed E-state index contributed by atoms with van der Waals surface area (Å²) in [6.07, 6.45) is 4.74. The topological polar surface area (TPSA) is 66.0 Å². The number of carbonyl (C=O) groups is 1. The molecular formula is C26H32ClNO5. The summed E-state index contributed by atoms with van der Waals surface area (Å²) < 4.78 is 22.2. The third kappa shape index (κ3) is 8.07. The molecule has 0 bridgehead atoms. The number of hydrogen-bond acceptors (Lipinski definition) is 5. The van der Waals surface area contributed by atoms with Crippen molar-refractivity contribution in [2.75, 3.05) is 20.3 Å². The number of alkyl carbamates (subject to hydrolysis) is 1. The van der Waals surface area contributed by atoms with Crippen molar-refractivity contribution in [3.05, 3.63) is 76.3 Å². The molecule has 1 aliphatic heterocycles. The van der Waals surface area contributed by atoms with E-state index < -0.39 is 11.7 Å². The van der Waals surface area contributed by atoms with Crippen molar-refractivity contribution in [1.29, 1.82) is 0 Å². The van der Waals surface area contributed by atoms with Gasteiger partial charge in [0.1, 0.15) is 24.1 Å². The Morgan fingerprint density at radius 1 is 1.18 bits per heavy atom. The third-order valence-corrected chi connectivity index (χ3v) is 5.32. The van der Waals surface area contributed by atoms with Crippen LogP contribution in [0.2, 0.25) is 5.02 Å². The SMILES string of the molecule is CO[C@@H]1CC=C[C@@H](c2ccc(Cl)c(Cc3ccc(OCCNC(=O)OC(C)(C)C)cc3)c2)O1. The molecule has 2 aromatic rings. The predicted molar refractivity (Wildman–Crippen MR) is 129 cm³/mol. The maximum absolute atomic E-state index is 11.7. The van der Waals surface area contributed by atoms with Gasteiger partial charge >= 0.3 is 6.09 Å². The molecule has 6 nitrogen and oxygen atoms in total. The summed E-state index contributed by atoms with van der Waals surface area (Å²) in [4.78, 5) is 11.7. The van der Waals surface area contributed by atoms with Crippen LogP contribution in [0, 0.1) is 0 Å². The number of benzene rings is 2. The highest BCUT2D eigenvalue weighted by Gasteiger charge is 2.20. The van der Waals surface area contributed by atoms with Gasteiger partial charge in [0.25, 0.3) is 0 Å². The van der Waals surface area contributed by atoms with E-state index in [1.54, 1.807) is 7.11 Å². The normalized spacial score (nSPS) is 18.1. The first-order valence-corrected chi connectivity index (χ1v) is 11.4. The Kier molecular flexibility index (Phi) is 8.78. The monoisotopic (exact) mass is 473 g/mol. The van der Waals surface area contributed by atoms with Crippen LogP contribution in [0.5, 0.6) is 5.75 Å². The first-order valence-electron chi connectivity index (χ1n) is 11.1. The van der Waals surface area contributed by atoms with Crippen LogP contribution in [-0.2, 0) is 20.6 Å². The van der Waals surface area contributed by atoms with Crippen molar-refractivity contribution in [3.8, 4) is 5.75 Å². The van der Waals surface area contributed by atoms with Crippen LogP contribution >= 0.6 is 11.6 Å². The Morgan fingerprint density at radius 2 is 1.94 bits per heavy atom. The number of methoxy groups -OCH3 is 1. The Bertz CT molecular complexity index is 952. The fourth-order valence-electron chi connectivity index (χ4n) is 3.39. The zero-order chi connectivity index (χ0) is 23.8. The number of nitrogens with one attached hydrogen (secondary N) is 1. The van der Waals surface area contributed by atoms with Gasteiger partial charge in [-0.2, -0.15) is 0 Å². The molecule has 0 radical (unpaired) electrons. The minimum atomic E-state index is -0.518. The molecule has 0 saturated heterocycles. The van der Waals surface area contributed by atoms with E-state index in [1.165, 1.54) is 0 Å². The molecule has 0 aliphatic carbocycles. The van der Waals surface area contributed by atoms with Gasteiger partial charge < -0.3 is 24.3 Å². The summed E-state index contributed by atoms with van der Waals surface area (Å²) in [7, 11) is 1.65. The average molecular weight is 474 g/mol. The average Bonchev–Trinajstić information content (AvgIpc) is 2.78. The second kappa shape index (κ2) is 11.5. The van der Waals surface area contributed by atoms with Crippen molar-refractivity contribution >= 4 is 17.7 Å². The van der Waals surface area contributed by atoms with Gasteiger partial charge in [0.2, 0.25) is 0 Å². The Labute approximate surface area is 200 Å². The minimum Gasteiger partial charge on any atom is -0.492 e. The zero-order valence-corrected chi connectivity index (χ0v) is 20.4. The van der Waals surface area contributed by atoms with E-state index in [9.17, 15) is 4.79 Å². The first kappa shape index (κ1) is 25.1. The molecule has 3 rings (SSSR count). The van der Waals surface area contributed by atoms with Gasteiger partial charge in [0, 0.05) is 18.6 Å². The molecule has 0 spiro atoms. The molecular weight excluding hydrogens is 442 g/mol. The maximum Gasteiger partial charge on any atom is 0.407 e. The lowest BCUT2D eigenvalue weighted by molar-refractivity contribution is -0.148. The molecule has 1 aliphatic rings. The minimum absolute atomic E-state index is 0.148. The number of rotatable bonds is 8. The van der Waals surface area contributed by atoms with E-state index in [0.29, 0.717) is 19.6 Å². The van der Waals surface area contributed by atoms with E-state index in [-0.39, 0.29) is 12.4 Å². The summed E-state index contributed by atoms with van der Waals surface area (Å²) in [5, 5.41) is 3.39. The standard InChI is InChI=1S/C26H32ClNO5/c1-26(2,3)33-25(29)28-14-15-31-21-11-8-18(9-12-21)16-20-17-19(10-13-22(20)27)23-6-5-7-24(30-4)32-23/h5-6,8-13,17,23-24H,7,14-16H2,1-4H3,(H,28,29)/t23-,24-/m0/s1. The van der Waals surface area contributed by atoms with Crippen molar-refractivity contribution in [2.24, 2.45) is 0 Å². The summed E-state index contributed by atoms with van der Waals surface area (Å²) >= 11 is 6.47. The summed E-state index contributed by atoms with van der Waals surface area (Å²) in [5.74, 6) is 0.732. The second-order valence-electron chi connectivity index (χ2n) is 8.83. The summed E-state index contributed by atoms with van der Waals surface area (Å²) in [6, 6.07) is 13.8. The largest absolute Gasteiger partial charge is 0.492 e. The molecule has 2 atom stereocenters. The Hall–Kier alpha value is -2.54. The fraction of sp³-hybridized carbons (Fsp3) is 0.423. The Morgan fingerprint density at radius 3 is 2.64 bits per heavy atom. The molecule has 0 aromatic heterocycles. The molecule has 0 fully saturated rings. The van der Waals surface area contributed by atoms with Crippen molar-refractivity contribution in [1.82, 2.24) is 5.32 Å². The van der Waals surface area contributed by atoms with Gasteiger partial charge in [-0.1, -0.05) is 48.0 Å². The highest BCUT2D eigenvalue weighted by molar-refractivity contribution is 6.31. The van der Waals surface area contributed by atoms with Gasteiger partial charge in [0.05, 0.1) is 6.54 Å². The third-order valence-electron chi connectivity index (χ3n) is 4.96. The van der Waals surface area contributed by atoms with Crippen molar-refractivity contribution in [2.45, 2.75) is 51.6 Å². The quantitative estimate of drug-likeness (QED) is 0.386. The lowest BCUT2D eigenvalue weighted by atomic mass is 9.99. The highest BCUT2D eigenvalue weighted by atomic mass is 35.5. The van der Waals surface area contributed by atoms with Gasteiger partial charge in [0.15, 0.2) is 6.29 Å². The lowest BCUT2D eigenvalue weighted by Crippen LogP contribution is -2.34. The van der Waals surface area contributed by atoms with Crippen LogP contribution in [-0.4, -0.2) is 38.2 Å². The van der Waals surface area contributed by atoms with E-state index in [4.69, 9.17) is 30.5 Å². The number of ether oxygens (including phenoxy) is 4. The summed E-state index contributed by atoms with van der Waals surface area (Å²) in [5.41, 5.74) is 2.67. The molecule has 33 heavy (non-hydrogen) atoms. The Balaban J connectivity index is 1.53. The van der Waals surface area contributed by atoms with Gasteiger partial charge in [-0.05, 0) is 62.1 Å². The second-order valence-corrected chi connectivity index (χ2v) is 9.24. The maximum atomic E-state index is 11.7. The molecule has 0 unspecified atom stereocenters.